The molecule has 0 bridgehead atoms. The summed E-state index contributed by atoms with van der Waals surface area (Å²) >= 11 is 1.81. The number of aliphatic hydroxyl groups is 1. The van der Waals surface area contributed by atoms with Gasteiger partial charge < -0.3 is 20.5 Å². The summed E-state index contributed by atoms with van der Waals surface area (Å²) in [5, 5.41) is 15.7. The molecular formula is C15H21ClF2N2O3S. The minimum Gasteiger partial charge on any atom is -0.491 e. The molecule has 3 N–H and O–H groups in total. The quantitative estimate of drug-likeness (QED) is 0.664. The lowest BCUT2D eigenvalue weighted by molar-refractivity contribution is -0.122. The predicted octanol–water partition coefficient (Wildman–Crippen LogP) is 1.34. The SMILES string of the molecule is Cl.O=C(CC1CSCCN1)NCC(O)COc1ccc(F)c(F)c1. The molecule has 1 saturated heterocycles. The van der Waals surface area contributed by atoms with Crippen molar-refractivity contribution in [3.8, 4) is 5.75 Å². The second-order valence-electron chi connectivity index (χ2n) is 5.27. The van der Waals surface area contributed by atoms with Crippen molar-refractivity contribution in [2.75, 3.05) is 31.2 Å². The van der Waals surface area contributed by atoms with Crippen LogP contribution in [0.4, 0.5) is 8.78 Å². The Morgan fingerprint density at radius 2 is 2.25 bits per heavy atom. The van der Waals surface area contributed by atoms with E-state index < -0.39 is 17.7 Å². The Bertz CT molecular complexity index is 533. The van der Waals surface area contributed by atoms with E-state index in [-0.39, 0.29) is 43.3 Å². The van der Waals surface area contributed by atoms with Gasteiger partial charge in [0, 0.05) is 43.1 Å². The molecule has 0 radical (unpaired) electrons. The fourth-order valence-electron chi connectivity index (χ4n) is 2.10. The molecule has 0 aliphatic carbocycles. The predicted molar refractivity (Wildman–Crippen MR) is 91.9 cm³/mol. The molecule has 2 rings (SSSR count). The van der Waals surface area contributed by atoms with E-state index in [9.17, 15) is 18.7 Å². The van der Waals surface area contributed by atoms with Crippen molar-refractivity contribution in [1.82, 2.24) is 10.6 Å². The number of halogens is 3. The van der Waals surface area contributed by atoms with Gasteiger partial charge in [-0.15, -0.1) is 12.4 Å². The molecule has 1 aromatic rings. The maximum atomic E-state index is 13.0. The van der Waals surface area contributed by atoms with Crippen LogP contribution in [0, 0.1) is 11.6 Å². The van der Waals surface area contributed by atoms with Gasteiger partial charge in [-0.25, -0.2) is 8.78 Å². The third-order valence-electron chi connectivity index (χ3n) is 3.30. The normalized spacial score (nSPS) is 18.4. The molecule has 2 unspecified atom stereocenters. The molecule has 1 aliphatic heterocycles. The van der Waals surface area contributed by atoms with Crippen molar-refractivity contribution < 1.29 is 23.4 Å². The summed E-state index contributed by atoms with van der Waals surface area (Å²) in [4.78, 5) is 11.8. The molecule has 1 heterocycles. The van der Waals surface area contributed by atoms with Gasteiger partial charge in [0.15, 0.2) is 11.6 Å². The summed E-state index contributed by atoms with van der Waals surface area (Å²) in [6, 6.07) is 3.29. The van der Waals surface area contributed by atoms with E-state index in [0.29, 0.717) is 6.42 Å². The average Bonchev–Trinajstić information content (AvgIpc) is 2.55. The van der Waals surface area contributed by atoms with E-state index in [0.717, 1.165) is 30.2 Å². The highest BCUT2D eigenvalue weighted by Crippen LogP contribution is 2.15. The Kier molecular flexibility index (Phi) is 9.35. The van der Waals surface area contributed by atoms with Crippen molar-refractivity contribution >= 4 is 30.1 Å². The van der Waals surface area contributed by atoms with E-state index in [2.05, 4.69) is 10.6 Å². The van der Waals surface area contributed by atoms with Crippen molar-refractivity contribution in [2.45, 2.75) is 18.6 Å². The Hall–Kier alpha value is -1.09. The second-order valence-corrected chi connectivity index (χ2v) is 6.42. The summed E-state index contributed by atoms with van der Waals surface area (Å²) in [6.45, 7) is 0.818. The lowest BCUT2D eigenvalue weighted by Crippen LogP contribution is -2.43. The summed E-state index contributed by atoms with van der Waals surface area (Å²) in [6.07, 6.45) is -0.565. The minimum absolute atomic E-state index is 0. The first kappa shape index (κ1) is 21.0. The number of thioether (sulfide) groups is 1. The molecule has 24 heavy (non-hydrogen) atoms. The van der Waals surface area contributed by atoms with Gasteiger partial charge in [0.2, 0.25) is 5.91 Å². The van der Waals surface area contributed by atoms with E-state index in [1.165, 1.54) is 6.07 Å². The van der Waals surface area contributed by atoms with Crippen LogP contribution in [0.15, 0.2) is 18.2 Å². The molecule has 1 aromatic carbocycles. The molecular weight excluding hydrogens is 362 g/mol. The number of benzene rings is 1. The van der Waals surface area contributed by atoms with Crippen LogP contribution < -0.4 is 15.4 Å². The zero-order chi connectivity index (χ0) is 16.7. The monoisotopic (exact) mass is 382 g/mol. The molecule has 2 atom stereocenters. The first-order valence-electron chi connectivity index (χ1n) is 7.38. The van der Waals surface area contributed by atoms with Crippen molar-refractivity contribution in [1.29, 1.82) is 0 Å². The van der Waals surface area contributed by atoms with E-state index >= 15 is 0 Å². The number of hydrogen-bond acceptors (Lipinski definition) is 5. The van der Waals surface area contributed by atoms with Gasteiger partial charge in [-0.2, -0.15) is 11.8 Å². The molecule has 5 nitrogen and oxygen atoms in total. The summed E-state index contributed by atoms with van der Waals surface area (Å²) in [7, 11) is 0. The molecule has 136 valence electrons. The summed E-state index contributed by atoms with van der Waals surface area (Å²) < 4.78 is 30.9. The maximum absolute atomic E-state index is 13.0. The standard InChI is InChI=1S/C15H20F2N2O3S.ClH/c16-13-2-1-12(6-14(13)17)22-8-11(20)7-19-15(21)5-10-9-23-4-3-18-10;/h1-2,6,10-11,18,20H,3-5,7-9H2,(H,19,21);1H. The zero-order valence-corrected chi connectivity index (χ0v) is 14.6. The lowest BCUT2D eigenvalue weighted by Gasteiger charge is -2.22. The number of amides is 1. The number of rotatable bonds is 7. The van der Waals surface area contributed by atoms with Crippen LogP contribution in [-0.4, -0.2) is 54.4 Å². The highest BCUT2D eigenvalue weighted by atomic mass is 35.5. The first-order valence-corrected chi connectivity index (χ1v) is 8.54. The van der Waals surface area contributed by atoms with E-state index in [4.69, 9.17) is 4.74 Å². The Morgan fingerprint density at radius 3 is 2.92 bits per heavy atom. The van der Waals surface area contributed by atoms with Crippen molar-refractivity contribution in [3.05, 3.63) is 29.8 Å². The number of ether oxygens (including phenoxy) is 1. The molecule has 1 fully saturated rings. The smallest absolute Gasteiger partial charge is 0.221 e. The van der Waals surface area contributed by atoms with Crippen LogP contribution in [0.2, 0.25) is 0 Å². The van der Waals surface area contributed by atoms with Gasteiger partial charge in [0.25, 0.3) is 0 Å². The van der Waals surface area contributed by atoms with E-state index in [1.807, 2.05) is 11.8 Å². The molecule has 1 aliphatic rings. The van der Waals surface area contributed by atoms with Crippen molar-refractivity contribution in [3.63, 3.8) is 0 Å². The van der Waals surface area contributed by atoms with Gasteiger partial charge in [0.05, 0.1) is 0 Å². The van der Waals surface area contributed by atoms with Gasteiger partial charge >= 0.3 is 0 Å². The Labute approximate surface area is 149 Å². The molecule has 9 heteroatoms. The third-order valence-corrected chi connectivity index (χ3v) is 4.43. The van der Waals surface area contributed by atoms with Crippen LogP contribution in [0.1, 0.15) is 6.42 Å². The highest BCUT2D eigenvalue weighted by molar-refractivity contribution is 7.99. The Morgan fingerprint density at radius 1 is 1.46 bits per heavy atom. The van der Waals surface area contributed by atoms with Gasteiger partial charge in [0.1, 0.15) is 18.5 Å². The van der Waals surface area contributed by atoms with Crippen LogP contribution in [0.25, 0.3) is 0 Å². The number of hydrogen-bond donors (Lipinski definition) is 3. The third kappa shape index (κ3) is 7.21. The van der Waals surface area contributed by atoms with Gasteiger partial charge in [-0.05, 0) is 12.1 Å². The number of carbonyl (C=O) groups excluding carboxylic acids is 1. The summed E-state index contributed by atoms with van der Waals surface area (Å²) in [5.74, 6) is -0.0368. The number of carbonyl (C=O) groups is 1. The largest absolute Gasteiger partial charge is 0.491 e. The van der Waals surface area contributed by atoms with E-state index in [1.54, 1.807) is 0 Å². The topological polar surface area (TPSA) is 70.6 Å². The van der Waals surface area contributed by atoms with Crippen molar-refractivity contribution in [2.24, 2.45) is 0 Å². The van der Waals surface area contributed by atoms with Crippen LogP contribution >= 0.6 is 24.2 Å². The maximum Gasteiger partial charge on any atom is 0.221 e. The Balaban J connectivity index is 0.00000288. The fraction of sp³-hybridized carbons (Fsp3) is 0.533. The first-order chi connectivity index (χ1) is 11.0. The minimum atomic E-state index is -1.01. The number of aliphatic hydroxyl groups excluding tert-OH is 1. The highest BCUT2D eigenvalue weighted by Gasteiger charge is 2.17. The molecule has 0 aromatic heterocycles. The number of nitrogens with one attached hydrogen (secondary N) is 2. The zero-order valence-electron chi connectivity index (χ0n) is 13.0. The molecule has 0 spiro atoms. The van der Waals surface area contributed by atoms with Crippen LogP contribution in [-0.2, 0) is 4.79 Å². The van der Waals surface area contributed by atoms with Gasteiger partial charge in [-0.1, -0.05) is 0 Å². The lowest BCUT2D eigenvalue weighted by atomic mass is 10.2. The fourth-order valence-corrected chi connectivity index (χ4v) is 3.05. The average molecular weight is 383 g/mol. The van der Waals surface area contributed by atoms with Crippen LogP contribution in [0.3, 0.4) is 0 Å². The van der Waals surface area contributed by atoms with Crippen LogP contribution in [0.5, 0.6) is 5.75 Å². The molecule has 0 saturated carbocycles. The molecule has 1 amide bonds. The summed E-state index contributed by atoms with van der Waals surface area (Å²) in [5.41, 5.74) is 0. The van der Waals surface area contributed by atoms with Gasteiger partial charge in [-0.3, -0.25) is 4.79 Å². The second kappa shape index (κ2) is 10.7.